The van der Waals surface area contributed by atoms with Crippen LogP contribution in [0.2, 0.25) is 0 Å². The summed E-state index contributed by atoms with van der Waals surface area (Å²) < 4.78 is 0. The van der Waals surface area contributed by atoms with E-state index in [0.29, 0.717) is 39.3 Å². The van der Waals surface area contributed by atoms with Crippen LogP contribution in [0.3, 0.4) is 0 Å². The number of hydrogen-bond acceptors (Lipinski definition) is 4. The fourth-order valence-electron chi connectivity index (χ4n) is 2.70. The molecule has 0 aromatic rings. The summed E-state index contributed by atoms with van der Waals surface area (Å²) in [4.78, 5) is 29.8. The standard InChI is InChI=1S/C13H24N4O2/c1-14-10-12(18)16-6-8-17(9-7-16)13(19)11-15-4-2-3-5-15/h14H,2-11H2,1H3. The highest BCUT2D eigenvalue weighted by molar-refractivity contribution is 5.80. The molecule has 0 atom stereocenters. The highest BCUT2D eigenvalue weighted by atomic mass is 16.2. The van der Waals surface area contributed by atoms with Crippen LogP contribution >= 0.6 is 0 Å². The number of nitrogens with one attached hydrogen (secondary N) is 1. The smallest absolute Gasteiger partial charge is 0.236 e. The molecule has 0 unspecified atom stereocenters. The van der Waals surface area contributed by atoms with E-state index in [2.05, 4.69) is 10.2 Å². The number of nitrogens with zero attached hydrogens (tertiary/aromatic N) is 3. The molecule has 0 radical (unpaired) electrons. The SMILES string of the molecule is CNCC(=O)N1CCN(C(=O)CN2CCCC2)CC1. The van der Waals surface area contributed by atoms with Crippen molar-refractivity contribution in [2.75, 3.05) is 59.4 Å². The summed E-state index contributed by atoms with van der Waals surface area (Å²) in [5, 5.41) is 2.87. The molecule has 2 aliphatic heterocycles. The lowest BCUT2D eigenvalue weighted by Gasteiger charge is -2.35. The molecule has 6 nitrogen and oxygen atoms in total. The summed E-state index contributed by atoms with van der Waals surface area (Å²) in [7, 11) is 1.77. The predicted octanol–water partition coefficient (Wildman–Crippen LogP) is -1.03. The van der Waals surface area contributed by atoms with Gasteiger partial charge in [0.1, 0.15) is 0 Å². The second kappa shape index (κ2) is 6.86. The van der Waals surface area contributed by atoms with E-state index in [0.717, 1.165) is 13.1 Å². The maximum Gasteiger partial charge on any atom is 0.236 e. The van der Waals surface area contributed by atoms with E-state index in [1.165, 1.54) is 12.8 Å². The molecule has 6 heteroatoms. The first-order valence-electron chi connectivity index (χ1n) is 7.13. The van der Waals surface area contributed by atoms with E-state index in [1.54, 1.807) is 7.05 Å². The van der Waals surface area contributed by atoms with E-state index >= 15 is 0 Å². The van der Waals surface area contributed by atoms with Crippen molar-refractivity contribution < 1.29 is 9.59 Å². The van der Waals surface area contributed by atoms with Gasteiger partial charge in [-0.3, -0.25) is 14.5 Å². The van der Waals surface area contributed by atoms with E-state index in [1.807, 2.05) is 9.80 Å². The average molecular weight is 268 g/mol. The maximum absolute atomic E-state index is 12.1. The van der Waals surface area contributed by atoms with Crippen molar-refractivity contribution >= 4 is 11.8 Å². The number of carbonyl (C=O) groups is 2. The van der Waals surface area contributed by atoms with E-state index in [9.17, 15) is 9.59 Å². The maximum atomic E-state index is 12.1. The minimum atomic E-state index is 0.120. The molecule has 0 bridgehead atoms. The molecular weight excluding hydrogens is 244 g/mol. The number of piperazine rings is 1. The Morgan fingerprint density at radius 2 is 1.42 bits per heavy atom. The lowest BCUT2D eigenvalue weighted by atomic mass is 10.3. The lowest BCUT2D eigenvalue weighted by Crippen LogP contribution is -2.53. The molecule has 2 amide bonds. The third-order valence-electron chi connectivity index (χ3n) is 3.87. The molecular formula is C13H24N4O2. The molecule has 0 aromatic heterocycles. The molecule has 0 spiro atoms. The molecule has 0 aliphatic carbocycles. The summed E-state index contributed by atoms with van der Waals surface area (Å²) >= 11 is 0. The Balaban J connectivity index is 1.72. The molecule has 0 saturated carbocycles. The molecule has 2 rings (SSSR count). The minimum Gasteiger partial charge on any atom is -0.338 e. The monoisotopic (exact) mass is 268 g/mol. The fourth-order valence-corrected chi connectivity index (χ4v) is 2.70. The van der Waals surface area contributed by atoms with Crippen LogP contribution in [0.1, 0.15) is 12.8 Å². The highest BCUT2D eigenvalue weighted by Gasteiger charge is 2.25. The second-order valence-electron chi connectivity index (χ2n) is 5.28. The Bertz CT molecular complexity index is 321. The Labute approximate surface area is 114 Å². The van der Waals surface area contributed by atoms with Crippen molar-refractivity contribution in [2.24, 2.45) is 0 Å². The van der Waals surface area contributed by atoms with E-state index < -0.39 is 0 Å². The summed E-state index contributed by atoms with van der Waals surface area (Å²) in [6.45, 7) is 5.67. The van der Waals surface area contributed by atoms with Gasteiger partial charge >= 0.3 is 0 Å². The van der Waals surface area contributed by atoms with Crippen molar-refractivity contribution in [3.63, 3.8) is 0 Å². The van der Waals surface area contributed by atoms with Gasteiger partial charge in [0.2, 0.25) is 11.8 Å². The highest BCUT2D eigenvalue weighted by Crippen LogP contribution is 2.09. The van der Waals surface area contributed by atoms with Gasteiger partial charge in [0.25, 0.3) is 0 Å². The molecule has 2 saturated heterocycles. The van der Waals surface area contributed by atoms with Gasteiger partial charge in [0, 0.05) is 26.2 Å². The molecule has 2 heterocycles. The van der Waals surface area contributed by atoms with Crippen molar-refractivity contribution in [2.45, 2.75) is 12.8 Å². The number of amides is 2. The number of likely N-dealkylation sites (N-methyl/N-ethyl adjacent to an activating group) is 1. The molecule has 2 fully saturated rings. The summed E-state index contributed by atoms with van der Waals surface area (Å²) in [6, 6.07) is 0. The Morgan fingerprint density at radius 1 is 0.895 bits per heavy atom. The van der Waals surface area contributed by atoms with E-state index in [4.69, 9.17) is 0 Å². The van der Waals surface area contributed by atoms with Gasteiger partial charge < -0.3 is 15.1 Å². The van der Waals surface area contributed by atoms with Crippen molar-refractivity contribution in [1.82, 2.24) is 20.0 Å². The Kier molecular flexibility index (Phi) is 5.15. The van der Waals surface area contributed by atoms with Crippen LogP contribution in [0.5, 0.6) is 0 Å². The number of hydrogen-bond donors (Lipinski definition) is 1. The van der Waals surface area contributed by atoms with Crippen molar-refractivity contribution in [3.8, 4) is 0 Å². The first-order valence-corrected chi connectivity index (χ1v) is 7.13. The average Bonchev–Trinajstić information content (AvgIpc) is 2.92. The summed E-state index contributed by atoms with van der Waals surface area (Å²) in [5.74, 6) is 0.330. The van der Waals surface area contributed by atoms with Crippen LogP contribution in [0, 0.1) is 0 Å². The number of carbonyl (C=O) groups excluding carboxylic acids is 2. The predicted molar refractivity (Wildman–Crippen MR) is 72.8 cm³/mol. The fraction of sp³-hybridized carbons (Fsp3) is 0.846. The van der Waals surface area contributed by atoms with Crippen molar-refractivity contribution in [1.29, 1.82) is 0 Å². The largest absolute Gasteiger partial charge is 0.338 e. The van der Waals surface area contributed by atoms with Gasteiger partial charge in [0.05, 0.1) is 13.1 Å². The summed E-state index contributed by atoms with van der Waals surface area (Å²) in [6.07, 6.45) is 2.42. The zero-order chi connectivity index (χ0) is 13.7. The zero-order valence-corrected chi connectivity index (χ0v) is 11.7. The van der Waals surface area contributed by atoms with E-state index in [-0.39, 0.29) is 11.8 Å². The first kappa shape index (κ1) is 14.3. The van der Waals surface area contributed by atoms with Crippen LogP contribution in [-0.4, -0.2) is 85.9 Å². The van der Waals surface area contributed by atoms with Crippen LogP contribution in [0.15, 0.2) is 0 Å². The Hall–Kier alpha value is -1.14. The van der Waals surface area contributed by atoms with Crippen molar-refractivity contribution in [3.05, 3.63) is 0 Å². The van der Waals surface area contributed by atoms with Gasteiger partial charge in [0.15, 0.2) is 0 Å². The molecule has 0 aromatic carbocycles. The van der Waals surface area contributed by atoms with Crippen LogP contribution < -0.4 is 5.32 Å². The van der Waals surface area contributed by atoms with Gasteiger partial charge in [-0.2, -0.15) is 0 Å². The number of likely N-dealkylation sites (tertiary alicyclic amines) is 1. The quantitative estimate of drug-likeness (QED) is 0.708. The molecule has 19 heavy (non-hydrogen) atoms. The van der Waals surface area contributed by atoms with Gasteiger partial charge in [-0.25, -0.2) is 0 Å². The normalized spacial score (nSPS) is 20.9. The lowest BCUT2D eigenvalue weighted by molar-refractivity contribution is -0.139. The third-order valence-corrected chi connectivity index (χ3v) is 3.87. The van der Waals surface area contributed by atoms with Gasteiger partial charge in [-0.1, -0.05) is 0 Å². The molecule has 2 aliphatic rings. The molecule has 1 N–H and O–H groups in total. The van der Waals surface area contributed by atoms with Crippen LogP contribution in [0.25, 0.3) is 0 Å². The van der Waals surface area contributed by atoms with Gasteiger partial charge in [-0.05, 0) is 33.0 Å². The van der Waals surface area contributed by atoms with Crippen LogP contribution in [0.4, 0.5) is 0 Å². The molecule has 108 valence electrons. The first-order chi connectivity index (χ1) is 9.20. The zero-order valence-electron chi connectivity index (χ0n) is 11.7. The minimum absolute atomic E-state index is 0.120. The summed E-state index contributed by atoms with van der Waals surface area (Å²) in [5.41, 5.74) is 0. The second-order valence-corrected chi connectivity index (χ2v) is 5.28. The topological polar surface area (TPSA) is 55.9 Å². The number of rotatable bonds is 4. The Morgan fingerprint density at radius 3 is 1.95 bits per heavy atom. The van der Waals surface area contributed by atoms with Gasteiger partial charge in [-0.15, -0.1) is 0 Å². The third kappa shape index (κ3) is 3.91. The van der Waals surface area contributed by atoms with Crippen LogP contribution in [-0.2, 0) is 9.59 Å².